The average Bonchev–Trinajstić information content (AvgIpc) is 3.05. The molecule has 0 aromatic carbocycles. The molecule has 0 aliphatic carbocycles. The summed E-state index contributed by atoms with van der Waals surface area (Å²) in [4.78, 5) is 26.3. The number of nitrogens with one attached hydrogen (secondary N) is 2. The van der Waals surface area contributed by atoms with Crippen molar-refractivity contribution in [2.75, 3.05) is 26.6 Å². The Morgan fingerprint density at radius 1 is 1.74 bits per heavy atom. The number of rotatable bonds is 2. The van der Waals surface area contributed by atoms with E-state index in [2.05, 4.69) is 19.8 Å². The Hall–Kier alpha value is -2.62. The number of likely N-dealkylation sites (tertiary alicyclic amines) is 1. The maximum atomic E-state index is 12.2. The Bertz CT molecular complexity index is 1020. The zero-order valence-electron chi connectivity index (χ0n) is 17.8. The van der Waals surface area contributed by atoms with Crippen molar-refractivity contribution >= 4 is 16.9 Å². The van der Waals surface area contributed by atoms with Crippen molar-refractivity contribution in [3.05, 3.63) is 35.5 Å². The van der Waals surface area contributed by atoms with E-state index in [9.17, 15) is 4.79 Å². The molecule has 1 saturated heterocycles. The second-order valence-corrected chi connectivity index (χ2v) is 5.59. The van der Waals surface area contributed by atoms with Gasteiger partial charge in [-0.1, -0.05) is 6.92 Å². The first-order valence-corrected chi connectivity index (χ1v) is 7.36. The molecule has 120 valence electrons. The predicted octanol–water partition coefficient (Wildman–Crippen LogP) is 0.449. The van der Waals surface area contributed by atoms with E-state index in [0.717, 1.165) is 4.58 Å². The monoisotopic (exact) mass is 318 g/mol. The molecule has 2 atom stereocenters. The van der Waals surface area contributed by atoms with Crippen LogP contribution in [0.3, 0.4) is 0 Å². The van der Waals surface area contributed by atoms with Crippen molar-refractivity contribution < 1.29 is 11.6 Å². The van der Waals surface area contributed by atoms with Gasteiger partial charge in [-0.05, 0) is 18.4 Å². The van der Waals surface area contributed by atoms with Crippen LogP contribution in [0.25, 0.3) is 15.9 Å². The van der Waals surface area contributed by atoms with E-state index < -0.39 is 18.9 Å². The van der Waals surface area contributed by atoms with E-state index >= 15 is 0 Å². The number of likely N-dealkylation sites (N-methyl/N-ethyl adjacent to an activating group) is 1. The van der Waals surface area contributed by atoms with E-state index in [1.807, 2.05) is 0 Å². The zero-order valence-corrected chi connectivity index (χ0v) is 12.8. The van der Waals surface area contributed by atoms with E-state index in [0.29, 0.717) is 24.0 Å². The summed E-state index contributed by atoms with van der Waals surface area (Å²) in [5.41, 5.74) is 0.415. The van der Waals surface area contributed by atoms with Gasteiger partial charge < -0.3 is 14.7 Å². The van der Waals surface area contributed by atoms with Crippen LogP contribution in [0, 0.1) is 12.5 Å². The molecule has 23 heavy (non-hydrogen) atoms. The maximum Gasteiger partial charge on any atom is 0.302 e. The van der Waals surface area contributed by atoms with Gasteiger partial charge in [0.05, 0.1) is 19.0 Å². The number of aromatic nitrogens is 3. The molecule has 3 rings (SSSR count). The summed E-state index contributed by atoms with van der Waals surface area (Å²) in [7, 11) is 0. The van der Waals surface area contributed by atoms with Crippen LogP contribution in [0.4, 0.5) is 0 Å². The second kappa shape index (κ2) is 6.24. The number of aromatic amines is 2. The number of nitrogens with zero attached hydrogens (tertiary/aromatic N) is 4. The van der Waals surface area contributed by atoms with Crippen molar-refractivity contribution in [3.63, 3.8) is 0 Å². The average molecular weight is 318 g/mol. The minimum atomic E-state index is -2.71. The van der Waals surface area contributed by atoms with Crippen LogP contribution in [-0.4, -0.2) is 58.4 Å². The van der Waals surface area contributed by atoms with Crippen molar-refractivity contribution in [2.24, 2.45) is 5.92 Å². The number of amides is 1. The van der Waals surface area contributed by atoms with Crippen LogP contribution in [0.5, 0.6) is 0 Å². The minimum Gasteiger partial charge on any atom is -0.346 e. The molecule has 0 unspecified atom stereocenters. The van der Waals surface area contributed by atoms with E-state index in [1.165, 1.54) is 4.90 Å². The number of fused-ring (bicyclic) bond motifs is 1. The minimum absolute atomic E-state index is 0.0811. The Kier molecular flexibility index (Phi) is 2.77. The van der Waals surface area contributed by atoms with Crippen LogP contribution in [0.2, 0.25) is 0 Å². The smallest absolute Gasteiger partial charge is 0.302 e. The highest BCUT2D eigenvalue weighted by molar-refractivity contribution is 5.79. The van der Waals surface area contributed by atoms with Gasteiger partial charge in [-0.2, -0.15) is 4.98 Å². The summed E-state index contributed by atoms with van der Waals surface area (Å²) in [5.74, 6) is -0.801. The number of piperidine rings is 1. The molecule has 7 nitrogen and oxygen atoms in total. The normalized spacial score (nSPS) is 29.7. The fourth-order valence-corrected chi connectivity index (χ4v) is 2.79. The predicted molar refractivity (Wildman–Crippen MR) is 87.3 cm³/mol. The highest BCUT2D eigenvalue weighted by Gasteiger charge is 2.33. The molecule has 2 aromatic rings. The van der Waals surface area contributed by atoms with Crippen molar-refractivity contribution in [1.82, 2.24) is 24.4 Å². The van der Waals surface area contributed by atoms with Gasteiger partial charge in [-0.15, -0.1) is 0 Å². The molecule has 1 fully saturated rings. The Labute approximate surface area is 141 Å². The van der Waals surface area contributed by atoms with Crippen LogP contribution >= 0.6 is 0 Å². The molecule has 1 aliphatic rings. The SMILES string of the molecule is [2H]c1nc2[nH]ccc2c(=[N+](C([2H])([2H])[2H])[C@@]2([2H])CN(C(=O)C[N+]#[C-])CC[C@H]2C)[nH]1. The lowest BCUT2D eigenvalue weighted by atomic mass is 9.93. The third kappa shape index (κ3) is 2.84. The van der Waals surface area contributed by atoms with E-state index in [1.54, 1.807) is 19.2 Å². The molecular formula is C16H21N6O+. The molecule has 0 bridgehead atoms. The number of hydrogen-bond donors (Lipinski definition) is 2. The standard InChI is InChI=1S/C16H20N6O/c1-11-5-7-22(14(23)8-17-2)9-13(11)21(3)16-12-4-6-18-15(12)19-10-20-16/h4,6,10-11,13H,5,7-9H2,1,3H3,(H,18,19,20)/p+1/t11-,13+/m1/s1/i3D3,10D,13D. The first kappa shape index (κ1) is 10.2. The zero-order chi connectivity index (χ0) is 20.7. The van der Waals surface area contributed by atoms with Gasteiger partial charge in [0.1, 0.15) is 18.4 Å². The number of carbonyl (C=O) groups is 1. The summed E-state index contributed by atoms with van der Waals surface area (Å²) in [6, 6.07) is -0.0548. The lowest BCUT2D eigenvalue weighted by Crippen LogP contribution is -2.54. The largest absolute Gasteiger partial charge is 0.346 e. The van der Waals surface area contributed by atoms with Crippen LogP contribution in [0.1, 0.15) is 20.2 Å². The van der Waals surface area contributed by atoms with Crippen LogP contribution < -0.4 is 10.1 Å². The summed E-state index contributed by atoms with van der Waals surface area (Å²) in [6.45, 7) is 5.84. The van der Waals surface area contributed by atoms with Crippen LogP contribution in [0.15, 0.2) is 18.6 Å². The second-order valence-electron chi connectivity index (χ2n) is 5.59. The molecule has 2 aromatic heterocycles. The topological polar surface area (TPSA) is 72.2 Å². The highest BCUT2D eigenvalue weighted by atomic mass is 16.2. The van der Waals surface area contributed by atoms with Gasteiger partial charge in [0.15, 0.2) is 6.30 Å². The van der Waals surface area contributed by atoms with Gasteiger partial charge in [0.2, 0.25) is 0 Å². The molecule has 0 radical (unpaired) electrons. The van der Waals surface area contributed by atoms with Crippen LogP contribution in [-0.2, 0) is 4.79 Å². The molecule has 7 heteroatoms. The lowest BCUT2D eigenvalue weighted by Gasteiger charge is -2.35. The van der Waals surface area contributed by atoms with Crippen molar-refractivity contribution in [3.8, 4) is 0 Å². The molecule has 1 amide bonds. The fraction of sp³-hybridized carbons (Fsp3) is 0.500. The van der Waals surface area contributed by atoms with Gasteiger partial charge in [-0.25, -0.2) is 11.6 Å². The van der Waals surface area contributed by atoms with Crippen molar-refractivity contribution in [1.29, 1.82) is 0 Å². The Morgan fingerprint density at radius 2 is 2.61 bits per heavy atom. The first-order valence-electron chi connectivity index (χ1n) is 9.86. The van der Waals surface area contributed by atoms with E-state index in [4.69, 9.17) is 13.4 Å². The van der Waals surface area contributed by atoms with Gasteiger partial charge in [0.25, 0.3) is 12.0 Å². The third-order valence-corrected chi connectivity index (χ3v) is 4.15. The number of H-pyrrole nitrogens is 2. The van der Waals surface area contributed by atoms with Crippen molar-refractivity contribution in [2.45, 2.75) is 19.4 Å². The Morgan fingerprint density at radius 3 is 3.39 bits per heavy atom. The van der Waals surface area contributed by atoms with E-state index in [-0.39, 0.29) is 30.8 Å². The van der Waals surface area contributed by atoms with Gasteiger partial charge >= 0.3 is 5.91 Å². The summed E-state index contributed by atoms with van der Waals surface area (Å²) < 4.78 is 42.3. The number of carbonyl (C=O) groups excluding carboxylic acids is 1. The molecule has 0 saturated carbocycles. The summed E-state index contributed by atoms with van der Waals surface area (Å²) in [6.07, 6.45) is 1.76. The maximum absolute atomic E-state index is 12.2. The Balaban J connectivity index is 2.28. The molecule has 0 spiro atoms. The fourth-order valence-electron chi connectivity index (χ4n) is 2.79. The molecule has 2 N–H and O–H groups in total. The number of hydrogen-bond acceptors (Lipinski definition) is 2. The quantitative estimate of drug-likeness (QED) is 0.623. The highest BCUT2D eigenvalue weighted by Crippen LogP contribution is 2.18. The molecule has 1 aliphatic heterocycles. The summed E-state index contributed by atoms with van der Waals surface area (Å²) in [5, 5.41) is 0.440. The summed E-state index contributed by atoms with van der Waals surface area (Å²) >= 11 is 0. The first-order chi connectivity index (χ1) is 13.1. The molecular weight excluding hydrogens is 292 g/mol. The van der Waals surface area contributed by atoms with Gasteiger partial charge in [-0.3, -0.25) is 9.37 Å². The van der Waals surface area contributed by atoms with Gasteiger partial charge in [0, 0.05) is 12.7 Å². The lowest BCUT2D eigenvalue weighted by molar-refractivity contribution is -0.131. The third-order valence-electron chi connectivity index (χ3n) is 4.15. The molecule has 3 heterocycles.